The molecule has 1 heterocycles. The van der Waals surface area contributed by atoms with E-state index in [1.165, 1.54) is 0 Å². The van der Waals surface area contributed by atoms with Crippen LogP contribution in [0.5, 0.6) is 0 Å². The van der Waals surface area contributed by atoms with Crippen molar-refractivity contribution in [3.8, 4) is 0 Å². The van der Waals surface area contributed by atoms with E-state index in [1.807, 2.05) is 0 Å². The van der Waals surface area contributed by atoms with Gasteiger partial charge in [0.2, 0.25) is 0 Å². The highest BCUT2D eigenvalue weighted by Crippen LogP contribution is 2.29. The minimum Gasteiger partial charge on any atom is -0.476 e. The van der Waals surface area contributed by atoms with Gasteiger partial charge in [0.05, 0.1) is 6.10 Å². The third-order valence-electron chi connectivity index (χ3n) is 2.57. The van der Waals surface area contributed by atoms with Crippen LogP contribution in [-0.4, -0.2) is 26.4 Å². The third kappa shape index (κ3) is 1.39. The summed E-state index contributed by atoms with van der Waals surface area (Å²) in [5, 5.41) is 25.0. The fourth-order valence-corrected chi connectivity index (χ4v) is 1.88. The summed E-state index contributed by atoms with van der Waals surface area (Å²) in [7, 11) is 0. The molecule has 1 atom stereocenters. The number of carboxylic acids is 1. The molecule has 1 aliphatic carbocycles. The van der Waals surface area contributed by atoms with Crippen molar-refractivity contribution in [2.24, 2.45) is 0 Å². The summed E-state index contributed by atoms with van der Waals surface area (Å²) in [6, 6.07) is 0. The molecule has 0 fully saturated rings. The van der Waals surface area contributed by atoms with Gasteiger partial charge in [-0.15, -0.1) is 0 Å². The quantitative estimate of drug-likeness (QED) is 0.581. The van der Waals surface area contributed by atoms with Crippen LogP contribution in [0.25, 0.3) is 0 Å². The molecule has 1 unspecified atom stereocenters. The van der Waals surface area contributed by atoms with Crippen LogP contribution < -0.4 is 0 Å². The number of rotatable bonds is 1. The first-order valence-electron chi connectivity index (χ1n) is 4.68. The highest BCUT2D eigenvalue weighted by atomic mass is 16.4. The van der Waals surface area contributed by atoms with Gasteiger partial charge in [-0.05, 0) is 19.3 Å². The summed E-state index contributed by atoms with van der Waals surface area (Å²) >= 11 is 0. The van der Waals surface area contributed by atoms with Crippen molar-refractivity contribution in [1.82, 2.24) is 10.2 Å². The molecule has 1 aromatic rings. The Morgan fingerprint density at radius 1 is 1.50 bits per heavy atom. The number of aromatic amines is 1. The Balaban J connectivity index is 2.47. The molecule has 0 bridgehead atoms. The van der Waals surface area contributed by atoms with Gasteiger partial charge in [0.1, 0.15) is 0 Å². The first kappa shape index (κ1) is 9.21. The highest BCUT2D eigenvalue weighted by molar-refractivity contribution is 5.87. The Kier molecular flexibility index (Phi) is 2.25. The van der Waals surface area contributed by atoms with Crippen molar-refractivity contribution in [2.75, 3.05) is 0 Å². The van der Waals surface area contributed by atoms with Crippen molar-refractivity contribution >= 4 is 5.97 Å². The number of carboxylic acid groups (broad SMARTS) is 1. The number of aliphatic hydroxyl groups excluding tert-OH is 1. The zero-order valence-corrected chi connectivity index (χ0v) is 7.66. The number of aromatic nitrogens is 2. The Labute approximate surface area is 80.8 Å². The number of hydrogen-bond donors (Lipinski definition) is 3. The van der Waals surface area contributed by atoms with Gasteiger partial charge in [0.25, 0.3) is 0 Å². The van der Waals surface area contributed by atoms with E-state index >= 15 is 0 Å². The van der Waals surface area contributed by atoms with E-state index in [0.717, 1.165) is 25.0 Å². The summed E-state index contributed by atoms with van der Waals surface area (Å²) in [5.41, 5.74) is 1.22. The summed E-state index contributed by atoms with van der Waals surface area (Å²) in [6.07, 6.45) is 2.59. The standard InChI is InChI=1S/C9H12N2O3/c12-6-4-2-1-3-5-7(6)8(9(13)14)11-10-5/h6,12H,1-4H2,(H,10,11)(H,13,14). The summed E-state index contributed by atoms with van der Waals surface area (Å²) in [6.45, 7) is 0. The Morgan fingerprint density at radius 3 is 3.00 bits per heavy atom. The molecule has 5 heteroatoms. The van der Waals surface area contributed by atoms with Crippen LogP contribution in [0, 0.1) is 0 Å². The fraction of sp³-hybridized carbons (Fsp3) is 0.556. The number of H-pyrrole nitrogens is 1. The summed E-state index contributed by atoms with van der Waals surface area (Å²) in [4.78, 5) is 10.8. The van der Waals surface area contributed by atoms with Crippen LogP contribution in [-0.2, 0) is 6.42 Å². The van der Waals surface area contributed by atoms with Gasteiger partial charge in [-0.3, -0.25) is 5.10 Å². The monoisotopic (exact) mass is 196 g/mol. The van der Waals surface area contributed by atoms with Crippen molar-refractivity contribution < 1.29 is 15.0 Å². The van der Waals surface area contributed by atoms with Gasteiger partial charge < -0.3 is 10.2 Å². The number of nitrogens with one attached hydrogen (secondary N) is 1. The van der Waals surface area contributed by atoms with Crippen molar-refractivity contribution in [3.05, 3.63) is 17.0 Å². The average Bonchev–Trinajstić information content (AvgIpc) is 2.48. The number of fused-ring (bicyclic) bond motifs is 1. The first-order valence-corrected chi connectivity index (χ1v) is 4.68. The van der Waals surface area contributed by atoms with E-state index in [-0.39, 0.29) is 5.69 Å². The summed E-state index contributed by atoms with van der Waals surface area (Å²) < 4.78 is 0. The van der Waals surface area contributed by atoms with Crippen LogP contribution in [0.2, 0.25) is 0 Å². The molecule has 0 aromatic carbocycles. The average molecular weight is 196 g/mol. The van der Waals surface area contributed by atoms with Crippen molar-refractivity contribution in [3.63, 3.8) is 0 Å². The number of carbonyl (C=O) groups is 1. The molecular weight excluding hydrogens is 184 g/mol. The Bertz CT molecular complexity index is 359. The number of nitrogens with zero attached hydrogens (tertiary/aromatic N) is 1. The second-order valence-electron chi connectivity index (χ2n) is 3.53. The lowest BCUT2D eigenvalue weighted by atomic mass is 10.1. The normalized spacial score (nSPS) is 21.4. The van der Waals surface area contributed by atoms with Gasteiger partial charge in [-0.1, -0.05) is 6.42 Å². The highest BCUT2D eigenvalue weighted by Gasteiger charge is 2.26. The van der Waals surface area contributed by atoms with E-state index in [0.29, 0.717) is 12.0 Å². The Morgan fingerprint density at radius 2 is 2.29 bits per heavy atom. The van der Waals surface area contributed by atoms with Crippen LogP contribution in [0.1, 0.15) is 47.1 Å². The molecule has 3 N–H and O–H groups in total. The predicted octanol–water partition coefficient (Wildman–Crippen LogP) is 0.868. The second kappa shape index (κ2) is 3.42. The van der Waals surface area contributed by atoms with Gasteiger partial charge in [-0.25, -0.2) is 4.79 Å². The lowest BCUT2D eigenvalue weighted by molar-refractivity contribution is 0.0681. The van der Waals surface area contributed by atoms with Crippen molar-refractivity contribution in [1.29, 1.82) is 0 Å². The minimum absolute atomic E-state index is 0.0330. The number of aliphatic hydroxyl groups is 1. The van der Waals surface area contributed by atoms with Gasteiger partial charge in [0.15, 0.2) is 5.69 Å². The van der Waals surface area contributed by atoms with Crippen LogP contribution >= 0.6 is 0 Å². The first-order chi connectivity index (χ1) is 6.70. The molecule has 0 spiro atoms. The molecule has 0 saturated heterocycles. The molecule has 14 heavy (non-hydrogen) atoms. The molecule has 0 saturated carbocycles. The molecule has 2 rings (SSSR count). The minimum atomic E-state index is -1.08. The second-order valence-corrected chi connectivity index (χ2v) is 3.53. The van der Waals surface area contributed by atoms with Gasteiger partial charge >= 0.3 is 5.97 Å². The van der Waals surface area contributed by atoms with Crippen LogP contribution in [0.15, 0.2) is 0 Å². The summed E-state index contributed by atoms with van der Waals surface area (Å²) in [5.74, 6) is -1.08. The SMILES string of the molecule is O=C(O)c1n[nH]c2c1C(O)CCCC2. The third-order valence-corrected chi connectivity index (χ3v) is 2.57. The molecule has 0 radical (unpaired) electrons. The molecule has 0 amide bonds. The van der Waals surface area contributed by atoms with Gasteiger partial charge in [0, 0.05) is 11.3 Å². The smallest absolute Gasteiger partial charge is 0.356 e. The molecule has 76 valence electrons. The largest absolute Gasteiger partial charge is 0.476 e. The molecule has 5 nitrogen and oxygen atoms in total. The van der Waals surface area contributed by atoms with E-state index in [4.69, 9.17) is 5.11 Å². The molecule has 1 aliphatic rings. The predicted molar refractivity (Wildman–Crippen MR) is 48.1 cm³/mol. The topological polar surface area (TPSA) is 86.2 Å². The van der Waals surface area contributed by atoms with E-state index in [1.54, 1.807) is 0 Å². The molecule has 0 aliphatic heterocycles. The van der Waals surface area contributed by atoms with Gasteiger partial charge in [-0.2, -0.15) is 5.10 Å². The van der Waals surface area contributed by atoms with Crippen LogP contribution in [0.4, 0.5) is 0 Å². The maximum Gasteiger partial charge on any atom is 0.356 e. The lowest BCUT2D eigenvalue weighted by Gasteiger charge is -2.06. The van der Waals surface area contributed by atoms with Crippen molar-refractivity contribution in [2.45, 2.75) is 31.8 Å². The zero-order chi connectivity index (χ0) is 10.1. The number of aromatic carboxylic acids is 1. The number of aryl methyl sites for hydroxylation is 1. The number of hydrogen-bond acceptors (Lipinski definition) is 3. The lowest BCUT2D eigenvalue weighted by Crippen LogP contribution is -2.06. The fourth-order valence-electron chi connectivity index (χ4n) is 1.88. The van der Waals surface area contributed by atoms with E-state index < -0.39 is 12.1 Å². The Hall–Kier alpha value is -1.36. The van der Waals surface area contributed by atoms with Crippen LogP contribution in [0.3, 0.4) is 0 Å². The maximum absolute atomic E-state index is 10.8. The molecular formula is C9H12N2O3. The van der Waals surface area contributed by atoms with E-state index in [9.17, 15) is 9.90 Å². The van der Waals surface area contributed by atoms with E-state index in [2.05, 4.69) is 10.2 Å². The molecule has 1 aromatic heterocycles. The zero-order valence-electron chi connectivity index (χ0n) is 7.66. The maximum atomic E-state index is 10.8.